The van der Waals surface area contributed by atoms with E-state index in [1.54, 1.807) is 0 Å². The maximum absolute atomic E-state index is 10.1. The number of benzene rings is 2. The summed E-state index contributed by atoms with van der Waals surface area (Å²) in [6.07, 6.45) is 5.50. The summed E-state index contributed by atoms with van der Waals surface area (Å²) < 4.78 is 0. The van der Waals surface area contributed by atoms with Gasteiger partial charge >= 0.3 is 0 Å². The van der Waals surface area contributed by atoms with Crippen molar-refractivity contribution in [1.29, 1.82) is 0 Å². The monoisotopic (exact) mass is 397 g/mol. The lowest BCUT2D eigenvalue weighted by Gasteiger charge is -2.20. The van der Waals surface area contributed by atoms with E-state index in [1.165, 1.54) is 41.8 Å². The van der Waals surface area contributed by atoms with Gasteiger partial charge in [-0.3, -0.25) is 4.79 Å². The lowest BCUT2D eigenvalue weighted by atomic mass is 9.98. The zero-order chi connectivity index (χ0) is 22.1. The van der Waals surface area contributed by atoms with Crippen LogP contribution in [0.5, 0.6) is 0 Å². The first-order valence-electron chi connectivity index (χ1n) is 10.5. The molecule has 0 spiro atoms. The molecular weight excluding hydrogens is 358 g/mol. The van der Waals surface area contributed by atoms with Gasteiger partial charge in [0, 0.05) is 19.2 Å². The van der Waals surface area contributed by atoms with Crippen LogP contribution in [0, 0.1) is 13.8 Å². The molecule has 3 nitrogen and oxygen atoms in total. The predicted molar refractivity (Wildman–Crippen MR) is 127 cm³/mol. The van der Waals surface area contributed by atoms with Crippen LogP contribution in [0.2, 0.25) is 0 Å². The van der Waals surface area contributed by atoms with Crippen LogP contribution in [0.3, 0.4) is 0 Å². The smallest absolute Gasteiger partial charge is 0.150 e. The summed E-state index contributed by atoms with van der Waals surface area (Å²) in [4.78, 5) is 12.6. The van der Waals surface area contributed by atoms with Crippen molar-refractivity contribution in [3.63, 3.8) is 0 Å². The molecule has 0 saturated carbocycles. The van der Waals surface area contributed by atoms with Gasteiger partial charge in [0.05, 0.1) is 0 Å². The summed E-state index contributed by atoms with van der Waals surface area (Å²) >= 11 is 0. The molecule has 0 aliphatic heterocycles. The number of hydrogen-bond acceptors (Lipinski definition) is 3. The van der Waals surface area contributed by atoms with E-state index in [9.17, 15) is 4.79 Å². The average molecular weight is 398 g/mol. The van der Waals surface area contributed by atoms with Crippen LogP contribution in [0.1, 0.15) is 60.7 Å². The summed E-state index contributed by atoms with van der Waals surface area (Å²) in [7, 11) is 1.00. The number of hydrogen-bond donors (Lipinski definition) is 1. The van der Waals surface area contributed by atoms with E-state index in [1.807, 2.05) is 31.2 Å². The standard InChI is InChI=1S/C17H27N.C8H8O.CH4O/c1-5-13-18(7-3)14-12-16(6-2)17-11-9-8-10-15(17)4;1-7-2-4-8(6-9)5-3-7;1-2/h6,8-11H,5,7,12-14H2,1-4H3;2-6H,1H3;2H,1H3/b16-6-;;. The van der Waals surface area contributed by atoms with Crippen LogP contribution in [0.15, 0.2) is 54.6 Å². The number of carbonyl (C=O) groups excluding carboxylic acids is 1. The highest BCUT2D eigenvalue weighted by molar-refractivity contribution is 5.74. The zero-order valence-electron chi connectivity index (χ0n) is 19.1. The number of aliphatic hydroxyl groups excluding tert-OH is 1. The quantitative estimate of drug-likeness (QED) is 0.561. The van der Waals surface area contributed by atoms with Crippen molar-refractivity contribution in [2.24, 2.45) is 0 Å². The highest BCUT2D eigenvalue weighted by Gasteiger charge is 2.06. The first-order valence-corrected chi connectivity index (χ1v) is 10.5. The van der Waals surface area contributed by atoms with Gasteiger partial charge in [-0.05, 0) is 63.4 Å². The predicted octanol–water partition coefficient (Wildman–Crippen LogP) is 5.94. The van der Waals surface area contributed by atoms with Gasteiger partial charge in [0.25, 0.3) is 0 Å². The summed E-state index contributed by atoms with van der Waals surface area (Å²) in [5.74, 6) is 0. The third kappa shape index (κ3) is 10.8. The van der Waals surface area contributed by atoms with Crippen molar-refractivity contribution in [3.05, 3.63) is 76.9 Å². The molecular formula is C26H39NO2. The summed E-state index contributed by atoms with van der Waals surface area (Å²) in [5.41, 5.74) is 6.18. The van der Waals surface area contributed by atoms with E-state index in [0.29, 0.717) is 0 Å². The Morgan fingerprint density at radius 1 is 0.966 bits per heavy atom. The molecule has 0 aliphatic rings. The molecule has 29 heavy (non-hydrogen) atoms. The third-order valence-electron chi connectivity index (χ3n) is 4.74. The Labute approximate surface area is 178 Å². The highest BCUT2D eigenvalue weighted by atomic mass is 16.2. The van der Waals surface area contributed by atoms with Gasteiger partial charge in [-0.2, -0.15) is 0 Å². The molecule has 1 N–H and O–H groups in total. The normalized spacial score (nSPS) is 10.6. The molecule has 0 aromatic heterocycles. The molecule has 0 radical (unpaired) electrons. The second-order valence-electron chi connectivity index (χ2n) is 6.84. The number of aldehydes is 1. The van der Waals surface area contributed by atoms with Gasteiger partial charge in [-0.1, -0.05) is 74.0 Å². The Kier molecular flexibility index (Phi) is 15.4. The van der Waals surface area contributed by atoms with Gasteiger partial charge in [0.2, 0.25) is 0 Å². The van der Waals surface area contributed by atoms with Gasteiger partial charge in [0.1, 0.15) is 6.29 Å². The van der Waals surface area contributed by atoms with Gasteiger partial charge in [-0.25, -0.2) is 0 Å². The van der Waals surface area contributed by atoms with Crippen LogP contribution < -0.4 is 0 Å². The Hall–Kier alpha value is -2.23. The van der Waals surface area contributed by atoms with Crippen molar-refractivity contribution in [2.45, 2.75) is 47.5 Å². The Morgan fingerprint density at radius 3 is 2.07 bits per heavy atom. The number of nitrogens with zero attached hydrogens (tertiary/aromatic N) is 1. The second kappa shape index (κ2) is 16.7. The zero-order valence-corrected chi connectivity index (χ0v) is 19.1. The van der Waals surface area contributed by atoms with E-state index in [-0.39, 0.29) is 0 Å². The van der Waals surface area contributed by atoms with Crippen molar-refractivity contribution in [2.75, 3.05) is 26.7 Å². The van der Waals surface area contributed by atoms with Gasteiger partial charge in [0.15, 0.2) is 0 Å². The van der Waals surface area contributed by atoms with Crippen LogP contribution in [-0.2, 0) is 0 Å². The molecule has 0 amide bonds. The number of rotatable bonds is 8. The largest absolute Gasteiger partial charge is 0.400 e. The lowest BCUT2D eigenvalue weighted by Crippen LogP contribution is -2.25. The molecule has 0 fully saturated rings. The molecule has 0 bridgehead atoms. The van der Waals surface area contributed by atoms with Gasteiger partial charge in [-0.15, -0.1) is 0 Å². The molecule has 0 unspecified atom stereocenters. The third-order valence-corrected chi connectivity index (χ3v) is 4.74. The minimum absolute atomic E-state index is 0.737. The number of allylic oxidation sites excluding steroid dienone is 1. The maximum atomic E-state index is 10.1. The van der Waals surface area contributed by atoms with Crippen molar-refractivity contribution >= 4 is 11.9 Å². The summed E-state index contributed by atoms with van der Waals surface area (Å²) in [6.45, 7) is 14.4. The van der Waals surface area contributed by atoms with Crippen LogP contribution in [0.4, 0.5) is 0 Å². The fourth-order valence-electron chi connectivity index (χ4n) is 3.04. The minimum Gasteiger partial charge on any atom is -0.400 e. The first kappa shape index (κ1) is 26.8. The van der Waals surface area contributed by atoms with E-state index >= 15 is 0 Å². The first-order chi connectivity index (χ1) is 14.0. The molecule has 2 aromatic rings. The Bertz CT molecular complexity index is 705. The fraction of sp³-hybridized carbons (Fsp3) is 0.423. The number of carbonyl (C=O) groups is 1. The molecule has 2 aromatic carbocycles. The van der Waals surface area contributed by atoms with E-state index < -0.39 is 0 Å². The van der Waals surface area contributed by atoms with Crippen LogP contribution >= 0.6 is 0 Å². The average Bonchev–Trinajstić information content (AvgIpc) is 2.77. The minimum atomic E-state index is 0.737. The number of aryl methyl sites for hydroxylation is 2. The fourth-order valence-corrected chi connectivity index (χ4v) is 3.04. The topological polar surface area (TPSA) is 40.5 Å². The van der Waals surface area contributed by atoms with Crippen LogP contribution in [0.25, 0.3) is 5.57 Å². The van der Waals surface area contributed by atoms with E-state index in [2.05, 4.69) is 62.9 Å². The molecule has 0 aliphatic carbocycles. The molecule has 0 heterocycles. The van der Waals surface area contributed by atoms with Crippen molar-refractivity contribution < 1.29 is 9.90 Å². The van der Waals surface area contributed by atoms with Crippen molar-refractivity contribution in [3.8, 4) is 0 Å². The number of aliphatic hydroxyl groups is 1. The molecule has 0 atom stereocenters. The summed E-state index contributed by atoms with van der Waals surface area (Å²) in [5, 5.41) is 7.00. The maximum Gasteiger partial charge on any atom is 0.150 e. The second-order valence-corrected chi connectivity index (χ2v) is 6.84. The van der Waals surface area contributed by atoms with Crippen molar-refractivity contribution in [1.82, 2.24) is 4.90 Å². The van der Waals surface area contributed by atoms with E-state index in [4.69, 9.17) is 5.11 Å². The lowest BCUT2D eigenvalue weighted by molar-refractivity contribution is 0.112. The Morgan fingerprint density at radius 2 is 1.59 bits per heavy atom. The highest BCUT2D eigenvalue weighted by Crippen LogP contribution is 2.22. The van der Waals surface area contributed by atoms with Crippen LogP contribution in [-0.4, -0.2) is 43.0 Å². The Balaban J connectivity index is 0.000000595. The molecule has 0 saturated heterocycles. The SMILES string of the molecule is C/C=C(/CCN(CC)CCC)c1ccccc1C.CO.Cc1ccc(C=O)cc1. The molecule has 160 valence electrons. The molecule has 3 heteroatoms. The summed E-state index contributed by atoms with van der Waals surface area (Å²) in [6, 6.07) is 16.1. The van der Waals surface area contributed by atoms with E-state index in [0.717, 1.165) is 31.9 Å². The molecule has 2 rings (SSSR count). The van der Waals surface area contributed by atoms with Gasteiger partial charge < -0.3 is 10.0 Å².